The molecule has 1 aliphatic rings. The van der Waals surface area contributed by atoms with Crippen molar-refractivity contribution < 1.29 is 9.53 Å². The number of aromatic nitrogens is 3. The first-order chi connectivity index (χ1) is 10.3. The number of hydrogen-bond donors (Lipinski definition) is 1. The predicted octanol–water partition coefficient (Wildman–Crippen LogP) is 2.35. The maximum atomic E-state index is 12.3. The Kier molecular flexibility index (Phi) is 4.21. The van der Waals surface area contributed by atoms with Gasteiger partial charge >= 0.3 is 0 Å². The van der Waals surface area contributed by atoms with Gasteiger partial charge in [-0.2, -0.15) is 9.36 Å². The van der Waals surface area contributed by atoms with E-state index in [1.54, 1.807) is 12.4 Å². The second-order valence-electron chi connectivity index (χ2n) is 4.87. The molecule has 6 nitrogen and oxygen atoms in total. The molecule has 1 fully saturated rings. The first-order valence-corrected chi connectivity index (χ1v) is 7.72. The van der Waals surface area contributed by atoms with Crippen LogP contribution >= 0.6 is 11.5 Å². The lowest BCUT2D eigenvalue weighted by molar-refractivity contribution is -0.121. The summed E-state index contributed by atoms with van der Waals surface area (Å²) in [5, 5.41) is 3.36. The van der Waals surface area contributed by atoms with Gasteiger partial charge in [-0.1, -0.05) is 6.92 Å². The maximum Gasteiger partial charge on any atom is 0.232 e. The van der Waals surface area contributed by atoms with Crippen LogP contribution in [0.3, 0.4) is 0 Å². The van der Waals surface area contributed by atoms with Gasteiger partial charge in [-0.15, -0.1) is 0 Å². The lowest BCUT2D eigenvalue weighted by Gasteiger charge is -2.14. The summed E-state index contributed by atoms with van der Waals surface area (Å²) in [6.45, 7) is 2.68. The Morgan fingerprint density at radius 2 is 2.48 bits per heavy atom. The monoisotopic (exact) mass is 304 g/mol. The Morgan fingerprint density at radius 3 is 3.24 bits per heavy atom. The molecule has 0 bridgehead atoms. The topological polar surface area (TPSA) is 77.0 Å². The van der Waals surface area contributed by atoms with E-state index in [4.69, 9.17) is 4.74 Å². The third-order valence-corrected chi connectivity index (χ3v) is 4.16. The number of carbonyl (C=O) groups is 1. The molecule has 0 aliphatic carbocycles. The normalized spacial score (nSPS) is 21.4. The summed E-state index contributed by atoms with van der Waals surface area (Å²) in [5.41, 5.74) is 0.838. The number of nitrogens with one attached hydrogen (secondary N) is 1. The SMILES string of the molecule is CC[C@@H]1OCC[C@H]1C(=O)Nc1nc(-c2cccnc2)ns1. The molecule has 110 valence electrons. The van der Waals surface area contributed by atoms with E-state index in [2.05, 4.69) is 19.7 Å². The fraction of sp³-hybridized carbons (Fsp3) is 0.429. The van der Waals surface area contributed by atoms with Crippen LogP contribution < -0.4 is 5.32 Å². The first-order valence-electron chi connectivity index (χ1n) is 6.94. The number of nitrogens with zero attached hydrogens (tertiary/aromatic N) is 3. The summed E-state index contributed by atoms with van der Waals surface area (Å²) < 4.78 is 9.80. The summed E-state index contributed by atoms with van der Waals surface area (Å²) in [6.07, 6.45) is 5.01. The van der Waals surface area contributed by atoms with Crippen molar-refractivity contribution in [2.45, 2.75) is 25.9 Å². The van der Waals surface area contributed by atoms with Gasteiger partial charge in [0, 0.05) is 36.1 Å². The van der Waals surface area contributed by atoms with Crippen LogP contribution in [0.2, 0.25) is 0 Å². The summed E-state index contributed by atoms with van der Waals surface area (Å²) >= 11 is 1.18. The zero-order chi connectivity index (χ0) is 14.7. The Morgan fingerprint density at radius 1 is 1.57 bits per heavy atom. The van der Waals surface area contributed by atoms with Gasteiger partial charge in [0.1, 0.15) is 0 Å². The van der Waals surface area contributed by atoms with Crippen LogP contribution in [0.5, 0.6) is 0 Å². The van der Waals surface area contributed by atoms with E-state index in [0.29, 0.717) is 17.6 Å². The summed E-state index contributed by atoms with van der Waals surface area (Å²) in [7, 11) is 0. The van der Waals surface area contributed by atoms with Crippen LogP contribution in [0.25, 0.3) is 11.4 Å². The minimum atomic E-state index is -0.0965. The molecule has 2 atom stereocenters. The molecule has 1 amide bonds. The van der Waals surface area contributed by atoms with Crippen molar-refractivity contribution in [3.05, 3.63) is 24.5 Å². The van der Waals surface area contributed by atoms with Gasteiger partial charge in [-0.05, 0) is 25.0 Å². The Bertz CT molecular complexity index is 616. The third kappa shape index (κ3) is 3.08. The largest absolute Gasteiger partial charge is 0.377 e. The zero-order valence-corrected chi connectivity index (χ0v) is 12.5. The van der Waals surface area contributed by atoms with Crippen molar-refractivity contribution >= 4 is 22.6 Å². The van der Waals surface area contributed by atoms with E-state index in [1.807, 2.05) is 19.1 Å². The summed E-state index contributed by atoms with van der Waals surface area (Å²) in [5.74, 6) is 0.451. The molecule has 1 aliphatic heterocycles. The minimum Gasteiger partial charge on any atom is -0.377 e. The molecule has 1 N–H and O–H groups in total. The van der Waals surface area contributed by atoms with Crippen LogP contribution in [-0.4, -0.2) is 33.0 Å². The summed E-state index contributed by atoms with van der Waals surface area (Å²) in [4.78, 5) is 20.6. The average Bonchev–Trinajstić information content (AvgIpc) is 3.16. The Balaban J connectivity index is 1.69. The van der Waals surface area contributed by atoms with E-state index in [1.165, 1.54) is 11.5 Å². The van der Waals surface area contributed by atoms with Crippen molar-refractivity contribution in [2.24, 2.45) is 5.92 Å². The second-order valence-corrected chi connectivity index (χ2v) is 5.62. The molecule has 2 aromatic heterocycles. The average molecular weight is 304 g/mol. The number of ether oxygens (including phenoxy) is 1. The van der Waals surface area contributed by atoms with Crippen molar-refractivity contribution in [3.63, 3.8) is 0 Å². The highest BCUT2D eigenvalue weighted by Crippen LogP contribution is 2.26. The van der Waals surface area contributed by atoms with Crippen LogP contribution in [0.4, 0.5) is 5.13 Å². The zero-order valence-electron chi connectivity index (χ0n) is 11.7. The lowest BCUT2D eigenvalue weighted by atomic mass is 9.99. The molecule has 3 rings (SSSR count). The molecular weight excluding hydrogens is 288 g/mol. The van der Waals surface area contributed by atoms with E-state index in [-0.39, 0.29) is 17.9 Å². The Labute approximate surface area is 126 Å². The molecule has 21 heavy (non-hydrogen) atoms. The fourth-order valence-corrected chi connectivity index (χ4v) is 3.03. The van der Waals surface area contributed by atoms with Gasteiger partial charge in [0.05, 0.1) is 12.0 Å². The van der Waals surface area contributed by atoms with E-state index in [0.717, 1.165) is 18.4 Å². The number of hydrogen-bond acceptors (Lipinski definition) is 6. The van der Waals surface area contributed by atoms with Gasteiger partial charge < -0.3 is 10.1 Å². The number of rotatable bonds is 4. The van der Waals surface area contributed by atoms with Crippen molar-refractivity contribution in [1.82, 2.24) is 14.3 Å². The highest BCUT2D eigenvalue weighted by atomic mass is 32.1. The van der Waals surface area contributed by atoms with Gasteiger partial charge in [0.15, 0.2) is 5.82 Å². The Hall–Kier alpha value is -1.86. The quantitative estimate of drug-likeness (QED) is 0.938. The second kappa shape index (κ2) is 6.28. The van der Waals surface area contributed by atoms with Crippen LogP contribution in [-0.2, 0) is 9.53 Å². The molecular formula is C14H16N4O2S. The van der Waals surface area contributed by atoms with Gasteiger partial charge in [0.25, 0.3) is 0 Å². The molecule has 0 saturated carbocycles. The summed E-state index contributed by atoms with van der Waals surface area (Å²) in [6, 6.07) is 3.72. The lowest BCUT2D eigenvalue weighted by Crippen LogP contribution is -2.29. The highest BCUT2D eigenvalue weighted by molar-refractivity contribution is 7.10. The highest BCUT2D eigenvalue weighted by Gasteiger charge is 2.33. The van der Waals surface area contributed by atoms with Gasteiger partial charge in [-0.3, -0.25) is 9.78 Å². The van der Waals surface area contributed by atoms with E-state index >= 15 is 0 Å². The van der Waals surface area contributed by atoms with Gasteiger partial charge in [0.2, 0.25) is 11.0 Å². The van der Waals surface area contributed by atoms with Crippen LogP contribution in [0.15, 0.2) is 24.5 Å². The molecule has 3 heterocycles. The van der Waals surface area contributed by atoms with Crippen molar-refractivity contribution in [1.29, 1.82) is 0 Å². The standard InChI is InChI=1S/C14H16N4O2S/c1-2-11-10(5-7-20-11)13(19)17-14-16-12(18-21-14)9-4-3-6-15-8-9/h3-4,6,8,10-11H,2,5,7H2,1H3,(H,16,17,18,19)/t10-,11+/m1/s1. The van der Waals surface area contributed by atoms with Crippen LogP contribution in [0.1, 0.15) is 19.8 Å². The number of pyridine rings is 1. The molecule has 0 radical (unpaired) electrons. The predicted molar refractivity (Wildman–Crippen MR) is 79.9 cm³/mol. The van der Waals surface area contributed by atoms with E-state index in [9.17, 15) is 4.79 Å². The smallest absolute Gasteiger partial charge is 0.232 e. The fourth-order valence-electron chi connectivity index (χ4n) is 2.44. The molecule has 0 spiro atoms. The minimum absolute atomic E-state index is 0.00992. The van der Waals surface area contributed by atoms with Crippen LogP contribution in [0, 0.1) is 5.92 Å². The third-order valence-electron chi connectivity index (χ3n) is 3.52. The van der Waals surface area contributed by atoms with Gasteiger partial charge in [-0.25, -0.2) is 0 Å². The molecule has 7 heteroatoms. The number of amides is 1. The number of anilines is 1. The molecule has 1 saturated heterocycles. The van der Waals surface area contributed by atoms with Crippen molar-refractivity contribution in [3.8, 4) is 11.4 Å². The molecule has 2 aromatic rings. The van der Waals surface area contributed by atoms with Crippen molar-refractivity contribution in [2.75, 3.05) is 11.9 Å². The molecule has 0 unspecified atom stereocenters. The van der Waals surface area contributed by atoms with E-state index < -0.39 is 0 Å². The number of carbonyl (C=O) groups excluding carboxylic acids is 1. The molecule has 0 aromatic carbocycles. The maximum absolute atomic E-state index is 12.3. The first kappa shape index (κ1) is 14.1.